The van der Waals surface area contributed by atoms with Crippen LogP contribution in [0.2, 0.25) is 5.02 Å². The maximum absolute atomic E-state index is 6.23. The molecule has 21 heavy (non-hydrogen) atoms. The second-order valence-corrected chi connectivity index (χ2v) is 6.84. The van der Waals surface area contributed by atoms with Crippen molar-refractivity contribution < 1.29 is 4.74 Å². The first-order chi connectivity index (χ1) is 10.2. The lowest BCUT2D eigenvalue weighted by molar-refractivity contribution is 0.0992. The normalized spacial score (nSPS) is 28.0. The van der Waals surface area contributed by atoms with Crippen molar-refractivity contribution in [3.63, 3.8) is 0 Å². The third-order valence-corrected chi connectivity index (χ3v) is 4.96. The van der Waals surface area contributed by atoms with Gasteiger partial charge in [-0.1, -0.05) is 33.6 Å². The lowest BCUT2D eigenvalue weighted by Gasteiger charge is -2.22. The predicted octanol–water partition coefficient (Wildman–Crippen LogP) is 3.09. The lowest BCUT2D eigenvalue weighted by atomic mass is 9.96. The number of nitrogens with zero attached hydrogens (tertiary/aromatic N) is 1. The number of fused-ring (bicyclic) bond motifs is 2. The first-order valence-electron chi connectivity index (χ1n) is 7.22. The first-order valence-corrected chi connectivity index (χ1v) is 8.39. The van der Waals surface area contributed by atoms with Crippen molar-refractivity contribution in [2.75, 3.05) is 7.05 Å². The Bertz CT molecular complexity index is 552. The summed E-state index contributed by atoms with van der Waals surface area (Å²) in [7, 11) is 1.78. The van der Waals surface area contributed by atoms with Crippen LogP contribution in [0.1, 0.15) is 24.8 Å². The fourth-order valence-corrected chi connectivity index (χ4v) is 3.74. The quantitative estimate of drug-likeness (QED) is 0.633. The van der Waals surface area contributed by atoms with E-state index in [1.807, 2.05) is 18.2 Å². The van der Waals surface area contributed by atoms with Gasteiger partial charge in [0, 0.05) is 23.1 Å². The summed E-state index contributed by atoms with van der Waals surface area (Å²) in [5, 5.41) is 7.52. The van der Waals surface area contributed by atoms with Crippen LogP contribution in [-0.2, 0) is 11.3 Å². The molecule has 0 amide bonds. The van der Waals surface area contributed by atoms with Gasteiger partial charge in [0.2, 0.25) is 0 Å². The Balaban J connectivity index is 1.55. The van der Waals surface area contributed by atoms with Crippen LogP contribution in [0.3, 0.4) is 0 Å². The number of halogens is 2. The van der Waals surface area contributed by atoms with E-state index >= 15 is 0 Å². The molecule has 0 radical (unpaired) electrons. The topological polar surface area (TPSA) is 45.7 Å². The summed E-state index contributed by atoms with van der Waals surface area (Å²) in [5.74, 6) is 0.801. The number of rotatable bonds is 3. The molecule has 3 unspecified atom stereocenters. The van der Waals surface area contributed by atoms with Crippen molar-refractivity contribution in [2.24, 2.45) is 4.99 Å². The summed E-state index contributed by atoms with van der Waals surface area (Å²) >= 11 is 9.64. The maximum Gasteiger partial charge on any atom is 0.191 e. The van der Waals surface area contributed by atoms with Gasteiger partial charge in [0.1, 0.15) is 0 Å². The highest BCUT2D eigenvalue weighted by molar-refractivity contribution is 9.10. The number of benzene rings is 1. The van der Waals surface area contributed by atoms with Gasteiger partial charge in [-0.25, -0.2) is 0 Å². The smallest absolute Gasteiger partial charge is 0.191 e. The highest BCUT2D eigenvalue weighted by atomic mass is 79.9. The van der Waals surface area contributed by atoms with Crippen LogP contribution in [0.5, 0.6) is 0 Å². The van der Waals surface area contributed by atoms with Crippen molar-refractivity contribution in [2.45, 2.75) is 44.1 Å². The third-order valence-electron chi connectivity index (χ3n) is 4.11. The molecule has 2 aliphatic rings. The monoisotopic (exact) mass is 371 g/mol. The van der Waals surface area contributed by atoms with E-state index < -0.39 is 0 Å². The number of ether oxygens (including phenoxy) is 1. The molecule has 1 aromatic rings. The zero-order chi connectivity index (χ0) is 14.8. The van der Waals surface area contributed by atoms with E-state index in [0.29, 0.717) is 24.8 Å². The Kier molecular flexibility index (Phi) is 4.72. The van der Waals surface area contributed by atoms with Crippen molar-refractivity contribution >= 4 is 33.5 Å². The molecule has 2 saturated heterocycles. The Hall–Kier alpha value is -0.780. The summed E-state index contributed by atoms with van der Waals surface area (Å²) < 4.78 is 6.84. The minimum atomic E-state index is 0.338. The van der Waals surface area contributed by atoms with Gasteiger partial charge in [0.15, 0.2) is 5.96 Å². The van der Waals surface area contributed by atoms with Crippen molar-refractivity contribution in [3.05, 3.63) is 33.3 Å². The molecule has 114 valence electrons. The zero-order valence-corrected chi connectivity index (χ0v) is 14.2. The molecule has 4 nitrogen and oxygen atoms in total. The minimum Gasteiger partial charge on any atom is -0.373 e. The summed E-state index contributed by atoms with van der Waals surface area (Å²) in [5.41, 5.74) is 1.05. The maximum atomic E-state index is 6.23. The zero-order valence-electron chi connectivity index (χ0n) is 11.9. The van der Waals surface area contributed by atoms with Crippen LogP contribution in [0.25, 0.3) is 0 Å². The van der Waals surface area contributed by atoms with Crippen LogP contribution in [0.15, 0.2) is 27.7 Å². The largest absolute Gasteiger partial charge is 0.373 e. The highest BCUT2D eigenvalue weighted by Gasteiger charge is 2.41. The molecule has 0 aliphatic carbocycles. The molecule has 2 aliphatic heterocycles. The van der Waals surface area contributed by atoms with E-state index in [-0.39, 0.29) is 0 Å². The SMILES string of the molecule is CN=C(NCc1ccc(Br)cc1Cl)NC1CC2CCC1O2. The Labute approximate surface area is 138 Å². The van der Waals surface area contributed by atoms with Crippen molar-refractivity contribution in [1.82, 2.24) is 10.6 Å². The molecule has 3 rings (SSSR count). The van der Waals surface area contributed by atoms with Gasteiger partial charge in [-0.2, -0.15) is 0 Å². The Morgan fingerprint density at radius 3 is 2.95 bits per heavy atom. The van der Waals surface area contributed by atoms with Crippen LogP contribution >= 0.6 is 27.5 Å². The molecule has 0 aromatic heterocycles. The molecular weight excluding hydrogens is 354 g/mol. The molecule has 2 heterocycles. The van der Waals surface area contributed by atoms with Crippen LogP contribution in [-0.4, -0.2) is 31.3 Å². The van der Waals surface area contributed by atoms with Gasteiger partial charge >= 0.3 is 0 Å². The highest BCUT2D eigenvalue weighted by Crippen LogP contribution is 2.34. The summed E-state index contributed by atoms with van der Waals surface area (Å²) in [6.45, 7) is 0.646. The molecular formula is C15H19BrClN3O. The summed E-state index contributed by atoms with van der Waals surface area (Å²) in [4.78, 5) is 4.28. The second-order valence-electron chi connectivity index (χ2n) is 5.52. The van der Waals surface area contributed by atoms with Gasteiger partial charge in [-0.15, -0.1) is 0 Å². The van der Waals surface area contributed by atoms with Gasteiger partial charge in [0.25, 0.3) is 0 Å². The van der Waals surface area contributed by atoms with Crippen LogP contribution in [0, 0.1) is 0 Å². The summed E-state index contributed by atoms with van der Waals surface area (Å²) in [6.07, 6.45) is 4.20. The third kappa shape index (κ3) is 3.52. The average molecular weight is 373 g/mol. The molecule has 0 saturated carbocycles. The molecule has 0 spiro atoms. The van der Waals surface area contributed by atoms with Gasteiger partial charge in [-0.05, 0) is 37.0 Å². The molecule has 1 aromatic carbocycles. The van der Waals surface area contributed by atoms with E-state index in [1.54, 1.807) is 7.05 Å². The number of guanidine groups is 1. The lowest BCUT2D eigenvalue weighted by Crippen LogP contribution is -2.47. The number of nitrogens with one attached hydrogen (secondary N) is 2. The fourth-order valence-electron chi connectivity index (χ4n) is 3.00. The summed E-state index contributed by atoms with van der Waals surface area (Å²) in [6, 6.07) is 6.27. The number of hydrogen-bond donors (Lipinski definition) is 2. The van der Waals surface area contributed by atoms with Gasteiger partial charge in [0.05, 0.1) is 18.2 Å². The average Bonchev–Trinajstić information content (AvgIpc) is 3.07. The molecule has 6 heteroatoms. The Morgan fingerprint density at radius 1 is 1.48 bits per heavy atom. The van der Waals surface area contributed by atoms with Crippen molar-refractivity contribution in [1.29, 1.82) is 0 Å². The molecule has 3 atom stereocenters. The number of aliphatic imine (C=N–C) groups is 1. The van der Waals surface area contributed by atoms with Crippen LogP contribution in [0.4, 0.5) is 0 Å². The van der Waals surface area contributed by atoms with Gasteiger partial charge < -0.3 is 15.4 Å². The fraction of sp³-hybridized carbons (Fsp3) is 0.533. The molecule has 2 fully saturated rings. The predicted molar refractivity (Wildman–Crippen MR) is 88.8 cm³/mol. The van der Waals surface area contributed by atoms with E-state index in [9.17, 15) is 0 Å². The van der Waals surface area contributed by atoms with Crippen LogP contribution < -0.4 is 10.6 Å². The van der Waals surface area contributed by atoms with Gasteiger partial charge in [-0.3, -0.25) is 4.99 Å². The number of hydrogen-bond acceptors (Lipinski definition) is 2. The second kappa shape index (κ2) is 6.55. The molecule has 2 bridgehead atoms. The van der Waals surface area contributed by atoms with E-state index in [1.165, 1.54) is 6.42 Å². The molecule has 2 N–H and O–H groups in total. The van der Waals surface area contributed by atoms with Crippen molar-refractivity contribution in [3.8, 4) is 0 Å². The van der Waals surface area contributed by atoms with E-state index in [4.69, 9.17) is 16.3 Å². The Morgan fingerprint density at radius 2 is 2.33 bits per heavy atom. The minimum absolute atomic E-state index is 0.338. The standard InChI is InChI=1S/C15H19BrClN3O/c1-18-15(20-13-7-11-4-5-14(13)21-11)19-8-9-2-3-10(16)6-12(9)17/h2-3,6,11,13-14H,4-5,7-8H2,1H3,(H2,18,19,20). The first kappa shape index (κ1) is 15.1. The van der Waals surface area contributed by atoms with E-state index in [2.05, 4.69) is 31.6 Å². The van der Waals surface area contributed by atoms with E-state index in [0.717, 1.165) is 33.9 Å².